The van der Waals surface area contributed by atoms with E-state index in [-0.39, 0.29) is 22.3 Å². The summed E-state index contributed by atoms with van der Waals surface area (Å²) < 4.78 is 6.87. The summed E-state index contributed by atoms with van der Waals surface area (Å²) in [5, 5.41) is 11.3. The zero-order chi connectivity index (χ0) is 22.1. The van der Waals surface area contributed by atoms with Crippen molar-refractivity contribution >= 4 is 36.0 Å². The van der Waals surface area contributed by atoms with Crippen molar-refractivity contribution in [3.05, 3.63) is 55.5 Å². The second-order valence-electron chi connectivity index (χ2n) is 8.08. The van der Waals surface area contributed by atoms with Crippen LogP contribution in [0.15, 0.2) is 34.6 Å². The number of rotatable bonds is 2. The van der Waals surface area contributed by atoms with Crippen molar-refractivity contribution in [3.63, 3.8) is 0 Å². The molecule has 160 valence electrons. The molecule has 30 heavy (non-hydrogen) atoms. The molecule has 0 saturated carbocycles. The van der Waals surface area contributed by atoms with Gasteiger partial charge in [-0.15, -0.1) is 0 Å². The lowest BCUT2D eigenvalue weighted by atomic mass is 10.0. The first-order chi connectivity index (χ1) is 14.0. The highest BCUT2D eigenvalue weighted by molar-refractivity contribution is 7.71. The van der Waals surface area contributed by atoms with Gasteiger partial charge in [0, 0.05) is 18.1 Å². The van der Waals surface area contributed by atoms with Crippen molar-refractivity contribution in [1.82, 2.24) is 14.5 Å². The molecule has 1 aliphatic rings. The van der Waals surface area contributed by atoms with Gasteiger partial charge >= 0.3 is 6.09 Å². The van der Waals surface area contributed by atoms with Crippen molar-refractivity contribution in [2.45, 2.75) is 39.2 Å². The normalized spacial score (nSPS) is 14.5. The van der Waals surface area contributed by atoms with Crippen LogP contribution in [0.4, 0.5) is 4.79 Å². The molecule has 1 amide bonds. The molecule has 3 rings (SSSR count). The standard InChI is InChI=1S/C21H24ClN3O4S/c1-21(2,3)29-20(28)24-10-8-13(9-11-24)12-16-17(26)23-19(30)25(18(16)27)15-6-4-14(22)5-7-15/h4-7,12,27H,8-11H2,1-3H3,(H,23,26,30). The summed E-state index contributed by atoms with van der Waals surface area (Å²) >= 11 is 11.2. The van der Waals surface area contributed by atoms with Gasteiger partial charge in [0.25, 0.3) is 5.56 Å². The van der Waals surface area contributed by atoms with Crippen LogP contribution in [0.2, 0.25) is 5.02 Å². The SMILES string of the molecule is CC(C)(C)OC(=O)N1CCC(=Cc2c(O)n(-c3ccc(Cl)cc3)c(=S)[nH]c2=O)CC1. The number of nitrogens with one attached hydrogen (secondary N) is 1. The summed E-state index contributed by atoms with van der Waals surface area (Å²) in [6.07, 6.45) is 2.48. The van der Waals surface area contributed by atoms with Crippen LogP contribution >= 0.6 is 23.8 Å². The molecule has 2 N–H and O–H groups in total. The lowest BCUT2D eigenvalue weighted by Gasteiger charge is -2.31. The highest BCUT2D eigenvalue weighted by Crippen LogP contribution is 2.26. The first-order valence-electron chi connectivity index (χ1n) is 9.57. The molecular weight excluding hydrogens is 426 g/mol. The fourth-order valence-electron chi connectivity index (χ4n) is 3.15. The van der Waals surface area contributed by atoms with Crippen molar-refractivity contribution in [3.8, 4) is 11.6 Å². The fourth-order valence-corrected chi connectivity index (χ4v) is 3.56. The number of halogens is 1. The number of piperidine rings is 1. The zero-order valence-corrected chi connectivity index (χ0v) is 18.6. The molecular formula is C21H24ClN3O4S. The second kappa shape index (κ2) is 8.65. The number of hydrogen-bond donors (Lipinski definition) is 2. The van der Waals surface area contributed by atoms with Gasteiger partial charge in [0.05, 0.1) is 5.69 Å². The van der Waals surface area contributed by atoms with Crippen LogP contribution in [0.3, 0.4) is 0 Å². The summed E-state index contributed by atoms with van der Waals surface area (Å²) in [5.41, 5.74) is 0.644. The first-order valence-corrected chi connectivity index (χ1v) is 10.4. The number of aromatic nitrogens is 2. The average Bonchev–Trinajstić information content (AvgIpc) is 2.65. The van der Waals surface area contributed by atoms with Crippen LogP contribution in [-0.2, 0) is 4.74 Å². The van der Waals surface area contributed by atoms with Gasteiger partial charge in [0.15, 0.2) is 4.77 Å². The minimum Gasteiger partial charge on any atom is -0.494 e. The summed E-state index contributed by atoms with van der Waals surface area (Å²) in [5.74, 6) is -0.242. The maximum atomic E-state index is 12.5. The van der Waals surface area contributed by atoms with Crippen LogP contribution < -0.4 is 5.56 Å². The molecule has 0 radical (unpaired) electrons. The van der Waals surface area contributed by atoms with E-state index in [2.05, 4.69) is 4.98 Å². The minimum absolute atomic E-state index is 0.0849. The van der Waals surface area contributed by atoms with Gasteiger partial charge in [-0.3, -0.25) is 14.3 Å². The highest BCUT2D eigenvalue weighted by atomic mass is 35.5. The topological polar surface area (TPSA) is 87.6 Å². The third kappa shape index (κ3) is 5.12. The third-order valence-corrected chi connectivity index (χ3v) is 5.15. The summed E-state index contributed by atoms with van der Waals surface area (Å²) in [7, 11) is 0. The Morgan fingerprint density at radius 2 is 1.83 bits per heavy atom. The van der Waals surface area contributed by atoms with E-state index < -0.39 is 11.2 Å². The van der Waals surface area contributed by atoms with Crippen molar-refractivity contribution in [2.75, 3.05) is 13.1 Å². The van der Waals surface area contributed by atoms with Crippen LogP contribution in [0.5, 0.6) is 5.88 Å². The van der Waals surface area contributed by atoms with E-state index in [9.17, 15) is 14.7 Å². The van der Waals surface area contributed by atoms with Gasteiger partial charge in [0.1, 0.15) is 11.2 Å². The highest BCUT2D eigenvalue weighted by Gasteiger charge is 2.25. The van der Waals surface area contributed by atoms with Crippen LogP contribution in [0, 0.1) is 4.77 Å². The largest absolute Gasteiger partial charge is 0.494 e. The Morgan fingerprint density at radius 1 is 1.23 bits per heavy atom. The van der Waals surface area contributed by atoms with Crippen molar-refractivity contribution in [1.29, 1.82) is 0 Å². The molecule has 0 aliphatic carbocycles. The molecule has 1 fully saturated rings. The molecule has 2 heterocycles. The molecule has 1 aromatic heterocycles. The molecule has 0 atom stereocenters. The second-order valence-corrected chi connectivity index (χ2v) is 8.90. The Bertz CT molecular complexity index is 1090. The predicted molar refractivity (Wildman–Crippen MR) is 119 cm³/mol. The summed E-state index contributed by atoms with van der Waals surface area (Å²) in [6.45, 7) is 6.45. The molecule has 9 heteroatoms. The molecule has 0 unspecified atom stereocenters. The van der Waals surface area contributed by atoms with E-state index in [1.165, 1.54) is 4.57 Å². The maximum absolute atomic E-state index is 12.5. The summed E-state index contributed by atoms with van der Waals surface area (Å²) in [4.78, 5) is 28.9. The smallest absolute Gasteiger partial charge is 0.410 e. The monoisotopic (exact) mass is 449 g/mol. The van der Waals surface area contributed by atoms with Crippen LogP contribution in [0.25, 0.3) is 11.8 Å². The molecule has 1 aliphatic heterocycles. The Kier molecular flexibility index (Phi) is 6.38. The zero-order valence-electron chi connectivity index (χ0n) is 17.1. The van der Waals surface area contributed by atoms with E-state index >= 15 is 0 Å². The van der Waals surface area contributed by atoms with Gasteiger partial charge in [-0.2, -0.15) is 0 Å². The fraction of sp³-hybridized carbons (Fsp3) is 0.381. The molecule has 2 aromatic rings. The number of nitrogens with zero attached hydrogens (tertiary/aromatic N) is 2. The van der Waals surface area contributed by atoms with Gasteiger partial charge in [-0.1, -0.05) is 17.2 Å². The van der Waals surface area contributed by atoms with E-state index in [1.54, 1.807) is 35.2 Å². The Labute approximate surface area is 184 Å². The van der Waals surface area contributed by atoms with Crippen molar-refractivity contribution in [2.24, 2.45) is 0 Å². The lowest BCUT2D eigenvalue weighted by Crippen LogP contribution is -2.40. The number of aromatic hydroxyl groups is 1. The van der Waals surface area contributed by atoms with E-state index in [4.69, 9.17) is 28.6 Å². The maximum Gasteiger partial charge on any atom is 0.410 e. The quantitative estimate of drug-likeness (QED) is 0.650. The molecule has 1 aromatic carbocycles. The number of amides is 1. The Morgan fingerprint density at radius 3 is 2.40 bits per heavy atom. The number of likely N-dealkylation sites (tertiary alicyclic amines) is 1. The number of carbonyl (C=O) groups excluding carboxylic acids is 1. The van der Waals surface area contributed by atoms with E-state index in [1.807, 2.05) is 20.8 Å². The van der Waals surface area contributed by atoms with Gasteiger partial charge in [-0.05, 0) is 76.2 Å². The number of ether oxygens (including phenoxy) is 1. The number of hydrogen-bond acceptors (Lipinski definition) is 5. The Balaban J connectivity index is 1.85. The van der Waals surface area contributed by atoms with Gasteiger partial charge < -0.3 is 14.7 Å². The minimum atomic E-state index is -0.548. The predicted octanol–water partition coefficient (Wildman–Crippen LogP) is 4.67. The third-order valence-electron chi connectivity index (χ3n) is 4.61. The lowest BCUT2D eigenvalue weighted by molar-refractivity contribution is 0.0237. The van der Waals surface area contributed by atoms with Gasteiger partial charge in [0.2, 0.25) is 5.88 Å². The first kappa shape index (κ1) is 22.1. The number of aromatic amines is 1. The van der Waals surface area contributed by atoms with Crippen molar-refractivity contribution < 1.29 is 14.6 Å². The van der Waals surface area contributed by atoms with E-state index in [0.29, 0.717) is 36.6 Å². The number of H-pyrrole nitrogens is 1. The van der Waals surface area contributed by atoms with Gasteiger partial charge in [-0.25, -0.2) is 4.79 Å². The number of carbonyl (C=O) groups is 1. The molecule has 7 nitrogen and oxygen atoms in total. The molecule has 0 bridgehead atoms. The molecule has 0 spiro atoms. The summed E-state index contributed by atoms with van der Waals surface area (Å²) in [6, 6.07) is 6.75. The average molecular weight is 450 g/mol. The Hall–Kier alpha value is -2.58. The van der Waals surface area contributed by atoms with Crippen LogP contribution in [-0.4, -0.2) is 44.3 Å². The van der Waals surface area contributed by atoms with E-state index in [0.717, 1.165) is 5.57 Å². The number of benzene rings is 1. The molecule has 1 saturated heterocycles. The van der Waals surface area contributed by atoms with Crippen LogP contribution in [0.1, 0.15) is 39.2 Å².